The van der Waals surface area contributed by atoms with Crippen molar-refractivity contribution in [2.75, 3.05) is 0 Å². The molecular formula is C6H13-. The molecule has 0 saturated heterocycles. The van der Waals surface area contributed by atoms with Gasteiger partial charge in [0.1, 0.15) is 0 Å². The molecule has 6 heavy (non-hydrogen) atoms. The molecule has 0 spiro atoms. The van der Waals surface area contributed by atoms with E-state index in [0.717, 1.165) is 6.42 Å². The zero-order valence-corrected chi connectivity index (χ0v) is 4.54. The molecule has 38 valence electrons. The summed E-state index contributed by atoms with van der Waals surface area (Å²) >= 11 is 0. The van der Waals surface area contributed by atoms with Crippen molar-refractivity contribution in [3.05, 3.63) is 6.92 Å². The van der Waals surface area contributed by atoms with E-state index in [2.05, 4.69) is 13.8 Å². The van der Waals surface area contributed by atoms with E-state index in [0.29, 0.717) is 0 Å². The fraction of sp³-hybridized carbons (Fsp3) is 0.833. The van der Waals surface area contributed by atoms with Gasteiger partial charge in [0.2, 0.25) is 0 Å². The quantitative estimate of drug-likeness (QED) is 0.364. The summed E-state index contributed by atoms with van der Waals surface area (Å²) in [5, 5.41) is 0. The molecule has 0 nitrogen and oxygen atoms in total. The zero-order valence-electron chi connectivity index (χ0n) is 4.54. The van der Waals surface area contributed by atoms with Gasteiger partial charge in [0.05, 0.1) is 0 Å². The van der Waals surface area contributed by atoms with E-state index in [1.165, 1.54) is 19.3 Å². The highest BCUT2D eigenvalue weighted by molar-refractivity contribution is 4.38. The Labute approximate surface area is 40.6 Å². The van der Waals surface area contributed by atoms with Gasteiger partial charge in [-0.25, -0.2) is 0 Å². The molecule has 0 heterocycles. The number of unbranched alkanes of at least 4 members (excludes halogenated alkanes) is 3. The Morgan fingerprint density at radius 1 is 1.33 bits per heavy atom. The van der Waals surface area contributed by atoms with Crippen LogP contribution in [-0.4, -0.2) is 0 Å². The van der Waals surface area contributed by atoms with Gasteiger partial charge >= 0.3 is 0 Å². The molecule has 0 atom stereocenters. The molecule has 0 amide bonds. The predicted molar refractivity (Wildman–Crippen MR) is 29.5 cm³/mol. The highest BCUT2D eigenvalue weighted by Crippen LogP contribution is 1.95. The molecule has 0 aromatic rings. The smallest absolute Gasteiger partial charge is 0.0560 e. The Morgan fingerprint density at radius 3 is 2.17 bits per heavy atom. The second kappa shape index (κ2) is 5.00. The van der Waals surface area contributed by atoms with Crippen LogP contribution < -0.4 is 0 Å². The molecule has 0 radical (unpaired) electrons. The molecule has 0 heteroatoms. The van der Waals surface area contributed by atoms with Gasteiger partial charge in [-0.3, -0.25) is 0 Å². The maximum atomic E-state index is 3.72. The van der Waals surface area contributed by atoms with Crippen LogP contribution in [0.4, 0.5) is 0 Å². The molecule has 0 saturated carbocycles. The number of hydrogen-bond acceptors (Lipinski definition) is 0. The Balaban J connectivity index is 2.34. The fourth-order valence-corrected chi connectivity index (χ4v) is 0.427. The van der Waals surface area contributed by atoms with Crippen molar-refractivity contribution in [2.24, 2.45) is 0 Å². The van der Waals surface area contributed by atoms with E-state index in [9.17, 15) is 0 Å². The minimum absolute atomic E-state index is 1.10. The molecule has 0 aromatic heterocycles. The third-order valence-corrected chi connectivity index (χ3v) is 0.854. The molecule has 0 bridgehead atoms. The lowest BCUT2D eigenvalue weighted by Crippen LogP contribution is -1.66. The van der Waals surface area contributed by atoms with Crippen LogP contribution in [0.25, 0.3) is 0 Å². The first-order valence-corrected chi connectivity index (χ1v) is 2.71. The first kappa shape index (κ1) is 6.00. The molecule has 0 rings (SSSR count). The highest BCUT2D eigenvalue weighted by Gasteiger charge is 1.71. The van der Waals surface area contributed by atoms with Crippen molar-refractivity contribution in [2.45, 2.75) is 32.6 Å². The maximum Gasteiger partial charge on any atom is -0.0560 e. The van der Waals surface area contributed by atoms with Crippen LogP contribution >= 0.6 is 0 Å². The van der Waals surface area contributed by atoms with Crippen LogP contribution in [0.15, 0.2) is 0 Å². The van der Waals surface area contributed by atoms with Gasteiger partial charge in [-0.2, -0.15) is 6.42 Å². The monoisotopic (exact) mass is 85.1 g/mol. The van der Waals surface area contributed by atoms with E-state index in [1.54, 1.807) is 0 Å². The van der Waals surface area contributed by atoms with Crippen molar-refractivity contribution in [1.29, 1.82) is 0 Å². The summed E-state index contributed by atoms with van der Waals surface area (Å²) in [6.07, 6.45) is 5.07. The molecule has 0 aliphatic carbocycles. The van der Waals surface area contributed by atoms with E-state index in [1.807, 2.05) is 0 Å². The van der Waals surface area contributed by atoms with Gasteiger partial charge in [-0.15, -0.1) is 0 Å². The van der Waals surface area contributed by atoms with Crippen LogP contribution in [0.3, 0.4) is 0 Å². The summed E-state index contributed by atoms with van der Waals surface area (Å²) in [4.78, 5) is 0. The third kappa shape index (κ3) is 4.00. The second-order valence-corrected chi connectivity index (χ2v) is 1.56. The summed E-state index contributed by atoms with van der Waals surface area (Å²) < 4.78 is 0. The lowest BCUT2D eigenvalue weighted by Gasteiger charge is -1.91. The molecule has 0 aliphatic heterocycles. The minimum Gasteiger partial charge on any atom is -0.343 e. The molecule has 0 fully saturated rings. The average molecular weight is 85.2 g/mol. The van der Waals surface area contributed by atoms with Gasteiger partial charge in [0, 0.05) is 0 Å². The fourth-order valence-electron chi connectivity index (χ4n) is 0.427. The summed E-state index contributed by atoms with van der Waals surface area (Å²) in [5.74, 6) is 0. The van der Waals surface area contributed by atoms with Crippen molar-refractivity contribution >= 4 is 0 Å². The Morgan fingerprint density at radius 2 is 2.00 bits per heavy atom. The van der Waals surface area contributed by atoms with Crippen LogP contribution in [0.5, 0.6) is 0 Å². The summed E-state index contributed by atoms with van der Waals surface area (Å²) in [7, 11) is 0. The van der Waals surface area contributed by atoms with Crippen LogP contribution in [0, 0.1) is 6.92 Å². The van der Waals surface area contributed by atoms with Crippen molar-refractivity contribution in [1.82, 2.24) is 0 Å². The van der Waals surface area contributed by atoms with Gasteiger partial charge < -0.3 is 6.92 Å². The van der Waals surface area contributed by atoms with Crippen molar-refractivity contribution in [3.8, 4) is 0 Å². The number of hydrogen-bond donors (Lipinski definition) is 0. The Bertz CT molecular complexity index is 12.0. The standard InChI is InChI=1S/C6H13/c1-3-5-6-4-2/h1,3-6H2,2H3/q-1. The molecule has 0 N–H and O–H groups in total. The van der Waals surface area contributed by atoms with E-state index >= 15 is 0 Å². The van der Waals surface area contributed by atoms with Crippen LogP contribution in [-0.2, 0) is 0 Å². The van der Waals surface area contributed by atoms with Gasteiger partial charge in [-0.05, 0) is 0 Å². The van der Waals surface area contributed by atoms with E-state index in [-0.39, 0.29) is 0 Å². The SMILES string of the molecule is [CH2-]CCCCC. The summed E-state index contributed by atoms with van der Waals surface area (Å²) in [6.45, 7) is 5.93. The van der Waals surface area contributed by atoms with Crippen molar-refractivity contribution < 1.29 is 0 Å². The van der Waals surface area contributed by atoms with E-state index in [4.69, 9.17) is 0 Å². The highest BCUT2D eigenvalue weighted by atomic mass is 13.8. The third-order valence-electron chi connectivity index (χ3n) is 0.854. The van der Waals surface area contributed by atoms with E-state index < -0.39 is 0 Å². The average Bonchev–Trinajstić information content (AvgIpc) is 1.61. The van der Waals surface area contributed by atoms with Crippen molar-refractivity contribution in [3.63, 3.8) is 0 Å². The molecule has 0 aliphatic rings. The Hall–Kier alpha value is 0. The van der Waals surface area contributed by atoms with Gasteiger partial charge in [0.15, 0.2) is 0 Å². The number of rotatable bonds is 3. The normalized spacial score (nSPS) is 9.00. The lowest BCUT2D eigenvalue weighted by atomic mass is 10.2. The first-order chi connectivity index (χ1) is 2.91. The van der Waals surface area contributed by atoms with Gasteiger partial charge in [-0.1, -0.05) is 26.2 Å². The zero-order chi connectivity index (χ0) is 4.83. The lowest BCUT2D eigenvalue weighted by molar-refractivity contribution is 0.728. The van der Waals surface area contributed by atoms with Crippen LogP contribution in [0.1, 0.15) is 32.6 Å². The summed E-state index contributed by atoms with van der Waals surface area (Å²) in [6, 6.07) is 0. The Kier molecular flexibility index (Phi) is 5.00. The van der Waals surface area contributed by atoms with Crippen LogP contribution in [0.2, 0.25) is 0 Å². The molecular weight excluding hydrogens is 72.1 g/mol. The first-order valence-electron chi connectivity index (χ1n) is 2.71. The maximum absolute atomic E-state index is 3.72. The van der Waals surface area contributed by atoms with Gasteiger partial charge in [0.25, 0.3) is 0 Å². The molecule has 0 aromatic carbocycles. The molecule has 0 unspecified atom stereocenters. The topological polar surface area (TPSA) is 0 Å². The predicted octanol–water partition coefficient (Wildman–Crippen LogP) is 2.40. The second-order valence-electron chi connectivity index (χ2n) is 1.56. The minimum atomic E-state index is 1.10. The summed E-state index contributed by atoms with van der Waals surface area (Å²) in [5.41, 5.74) is 0. The largest absolute Gasteiger partial charge is 0.343 e.